The number of carbonyl (C=O) groups is 2. The first-order valence-corrected chi connectivity index (χ1v) is 21.5. The van der Waals surface area contributed by atoms with Gasteiger partial charge in [0.1, 0.15) is 13.2 Å². The van der Waals surface area contributed by atoms with E-state index in [9.17, 15) is 9.59 Å². The molecule has 0 N–H and O–H groups in total. The molecule has 0 saturated heterocycles. The van der Waals surface area contributed by atoms with Gasteiger partial charge in [-0.25, -0.2) is 0 Å². The minimum absolute atomic E-state index is 0.0904. The van der Waals surface area contributed by atoms with Gasteiger partial charge in [0.2, 0.25) is 8.32 Å². The van der Waals surface area contributed by atoms with E-state index in [4.69, 9.17) is 13.9 Å². The SMILES string of the molecule is CC(C)(C)[Si](CC(=O)OCc1ccccc1)(OCc1ccccc1)C(C)(C)C.CC(C)(C)[Si](F)(CC(=O)OCc1ccccc1)C(C)(C)C. The molecule has 0 heterocycles. The van der Waals surface area contributed by atoms with E-state index in [-0.39, 0.29) is 28.7 Å². The molecule has 0 fully saturated rings. The summed E-state index contributed by atoms with van der Waals surface area (Å²) < 4.78 is 33.2. The smallest absolute Gasteiger partial charge is 0.306 e. The van der Waals surface area contributed by atoms with Crippen LogP contribution in [0.3, 0.4) is 0 Å². The number of benzene rings is 3. The summed E-state index contributed by atoms with van der Waals surface area (Å²) >= 11 is 0. The monoisotopic (exact) mass is 708 g/mol. The number of ether oxygens (including phenoxy) is 2. The molecule has 0 aliphatic carbocycles. The Morgan fingerprint density at radius 1 is 0.490 bits per heavy atom. The fourth-order valence-corrected chi connectivity index (χ4v) is 15.6. The molecule has 0 radical (unpaired) electrons. The molecular weight excluding hydrogens is 648 g/mol. The van der Waals surface area contributed by atoms with Crippen LogP contribution in [0.1, 0.15) is 99.8 Å². The van der Waals surface area contributed by atoms with Gasteiger partial charge in [-0.2, -0.15) is 0 Å². The summed E-state index contributed by atoms with van der Waals surface area (Å²) in [5, 5.41) is -1.24. The molecule has 0 saturated carbocycles. The molecular formula is C41H61FO5Si2. The molecule has 5 nitrogen and oxygen atoms in total. The molecule has 0 amide bonds. The summed E-state index contributed by atoms with van der Waals surface area (Å²) in [7, 11) is -5.89. The number of rotatable bonds is 11. The maximum atomic E-state index is 15.6. The van der Waals surface area contributed by atoms with Crippen LogP contribution in [0.5, 0.6) is 0 Å². The van der Waals surface area contributed by atoms with Crippen LogP contribution < -0.4 is 0 Å². The molecule has 0 unspecified atom stereocenters. The van der Waals surface area contributed by atoms with Crippen molar-refractivity contribution in [3.8, 4) is 0 Å². The Morgan fingerprint density at radius 3 is 1.10 bits per heavy atom. The van der Waals surface area contributed by atoms with Gasteiger partial charge in [-0.05, 0) is 36.8 Å². The van der Waals surface area contributed by atoms with Crippen molar-refractivity contribution in [2.45, 2.75) is 135 Å². The van der Waals surface area contributed by atoms with Gasteiger partial charge in [0.25, 0.3) is 8.41 Å². The van der Waals surface area contributed by atoms with Crippen LogP contribution in [0, 0.1) is 0 Å². The van der Waals surface area contributed by atoms with Crippen molar-refractivity contribution in [1.29, 1.82) is 0 Å². The highest BCUT2D eigenvalue weighted by molar-refractivity contribution is 6.82. The average molecular weight is 709 g/mol. The first-order valence-electron chi connectivity index (χ1n) is 17.3. The van der Waals surface area contributed by atoms with Crippen molar-refractivity contribution >= 4 is 28.7 Å². The number of carbonyl (C=O) groups excluding carboxylic acids is 2. The molecule has 49 heavy (non-hydrogen) atoms. The highest BCUT2D eigenvalue weighted by Crippen LogP contribution is 2.55. The van der Waals surface area contributed by atoms with Crippen molar-refractivity contribution in [2.24, 2.45) is 0 Å². The van der Waals surface area contributed by atoms with Crippen LogP contribution in [0.2, 0.25) is 32.2 Å². The van der Waals surface area contributed by atoms with Gasteiger partial charge in [-0.3, -0.25) is 9.59 Å². The quantitative estimate of drug-likeness (QED) is 0.113. The third kappa shape index (κ3) is 12.0. The van der Waals surface area contributed by atoms with E-state index < -0.39 is 32.8 Å². The standard InChI is InChI=1S/C24H34O3Si.C17H27FO2Si/c1-23(2,3)28(24(4,5)6,27-18-21-15-11-8-12-16-21)19-22(25)26-17-20-13-9-7-10-14-20;1-16(2,3)21(18,17(4,5)6)13-15(19)20-12-14-10-8-7-9-11-14/h7-16H,17-19H2,1-6H3;7-11H,12-13H2,1-6H3. The Morgan fingerprint density at radius 2 is 0.796 bits per heavy atom. The highest BCUT2D eigenvalue weighted by atomic mass is 28.4. The number of halogens is 1. The highest BCUT2D eigenvalue weighted by Gasteiger charge is 2.57. The summed E-state index contributed by atoms with van der Waals surface area (Å²) in [5.74, 6) is -0.605. The van der Waals surface area contributed by atoms with Gasteiger partial charge in [-0.1, -0.05) is 174 Å². The molecule has 0 aliphatic rings. The molecule has 3 rings (SSSR count). The predicted molar refractivity (Wildman–Crippen MR) is 205 cm³/mol. The summed E-state index contributed by atoms with van der Waals surface area (Å²) in [5.41, 5.74) is 3.05. The minimum Gasteiger partial charge on any atom is -0.461 e. The molecule has 0 aliphatic heterocycles. The van der Waals surface area contributed by atoms with Crippen molar-refractivity contribution < 1.29 is 27.6 Å². The van der Waals surface area contributed by atoms with Crippen LogP contribution in [0.25, 0.3) is 0 Å². The normalized spacial score (nSPS) is 12.8. The van der Waals surface area contributed by atoms with E-state index >= 15 is 4.11 Å². The summed E-state index contributed by atoms with van der Waals surface area (Å²) in [4.78, 5) is 25.0. The zero-order chi connectivity index (χ0) is 37.2. The first-order chi connectivity index (χ1) is 22.5. The lowest BCUT2D eigenvalue weighted by atomic mass is 10.2. The summed E-state index contributed by atoms with van der Waals surface area (Å²) in [6.07, 6.45) is 0. The summed E-state index contributed by atoms with van der Waals surface area (Å²) in [6, 6.07) is 29.7. The van der Waals surface area contributed by atoms with Gasteiger partial charge >= 0.3 is 11.9 Å². The molecule has 8 heteroatoms. The Balaban J connectivity index is 0.000000355. The van der Waals surface area contributed by atoms with Crippen molar-refractivity contribution in [2.75, 3.05) is 0 Å². The van der Waals surface area contributed by atoms with E-state index in [1.165, 1.54) is 0 Å². The lowest BCUT2D eigenvalue weighted by Gasteiger charge is -2.50. The second-order valence-corrected chi connectivity index (χ2v) is 27.3. The molecule has 3 aromatic rings. The third-order valence-electron chi connectivity index (χ3n) is 9.40. The lowest BCUT2D eigenvalue weighted by molar-refractivity contribution is -0.143. The third-order valence-corrected chi connectivity index (χ3v) is 21.2. The van der Waals surface area contributed by atoms with Crippen molar-refractivity contribution in [3.05, 3.63) is 108 Å². The molecule has 0 aromatic heterocycles. The van der Waals surface area contributed by atoms with E-state index in [0.29, 0.717) is 19.3 Å². The van der Waals surface area contributed by atoms with Gasteiger partial charge in [0.15, 0.2) is 0 Å². The van der Waals surface area contributed by atoms with Crippen molar-refractivity contribution in [1.82, 2.24) is 0 Å². The van der Waals surface area contributed by atoms with Crippen LogP contribution in [0.15, 0.2) is 91.0 Å². The Labute approximate surface area is 298 Å². The Kier molecular flexibility index (Phi) is 14.8. The maximum absolute atomic E-state index is 15.6. The lowest BCUT2D eigenvalue weighted by Crippen LogP contribution is -2.55. The largest absolute Gasteiger partial charge is 0.461 e. The molecule has 270 valence electrons. The van der Waals surface area contributed by atoms with E-state index in [2.05, 4.69) is 53.7 Å². The number of hydrogen-bond donors (Lipinski definition) is 0. The maximum Gasteiger partial charge on any atom is 0.306 e. The predicted octanol–water partition coefficient (Wildman–Crippen LogP) is 11.7. The average Bonchev–Trinajstić information content (AvgIpc) is 3.00. The first kappa shape index (κ1) is 42.1. The molecule has 0 bridgehead atoms. The van der Waals surface area contributed by atoms with E-state index in [0.717, 1.165) is 16.7 Å². The second-order valence-electron chi connectivity index (χ2n) is 17.0. The van der Waals surface area contributed by atoms with Crippen LogP contribution >= 0.6 is 0 Å². The second kappa shape index (κ2) is 17.2. The molecule has 0 spiro atoms. The zero-order valence-electron chi connectivity index (χ0n) is 32.1. The van der Waals surface area contributed by atoms with Gasteiger partial charge in [0.05, 0.1) is 18.7 Å². The van der Waals surface area contributed by atoms with Crippen LogP contribution in [-0.4, -0.2) is 28.7 Å². The van der Waals surface area contributed by atoms with Crippen molar-refractivity contribution in [3.63, 3.8) is 0 Å². The summed E-state index contributed by atoms with van der Waals surface area (Å²) in [6.45, 7) is 25.5. The number of esters is 2. The van der Waals surface area contributed by atoms with Crippen LogP contribution in [-0.2, 0) is 43.3 Å². The van der Waals surface area contributed by atoms with Gasteiger partial charge in [-0.15, -0.1) is 0 Å². The molecule has 0 atom stereocenters. The topological polar surface area (TPSA) is 61.8 Å². The Bertz CT molecular complexity index is 1410. The van der Waals surface area contributed by atoms with E-state index in [1.807, 2.05) is 120 Å². The molecule has 3 aromatic carbocycles. The van der Waals surface area contributed by atoms with Crippen LogP contribution in [0.4, 0.5) is 4.11 Å². The zero-order valence-corrected chi connectivity index (χ0v) is 34.1. The Hall–Kier alpha value is -3.08. The van der Waals surface area contributed by atoms with Gasteiger partial charge < -0.3 is 18.0 Å². The fraction of sp³-hybridized carbons (Fsp3) is 0.512. The number of hydrogen-bond acceptors (Lipinski definition) is 5. The van der Waals surface area contributed by atoms with E-state index in [1.54, 1.807) is 0 Å². The van der Waals surface area contributed by atoms with Gasteiger partial charge in [0, 0.05) is 0 Å². The fourth-order valence-electron chi connectivity index (χ4n) is 6.56. The minimum atomic E-state index is -3.33.